The van der Waals surface area contributed by atoms with E-state index >= 15 is 0 Å². The first-order valence-corrected chi connectivity index (χ1v) is 12.1. The van der Waals surface area contributed by atoms with Crippen LogP contribution in [0.25, 0.3) is 0 Å². The molecule has 4 rings (SSSR count). The van der Waals surface area contributed by atoms with Crippen LogP contribution in [0.2, 0.25) is 0 Å². The van der Waals surface area contributed by atoms with Crippen molar-refractivity contribution < 1.29 is 8.42 Å². The van der Waals surface area contributed by atoms with Gasteiger partial charge in [-0.2, -0.15) is 0 Å². The molecule has 156 valence electrons. The second-order valence-corrected chi connectivity index (χ2v) is 10.1. The van der Waals surface area contributed by atoms with Crippen LogP contribution >= 0.6 is 0 Å². The minimum atomic E-state index is -3.52. The van der Waals surface area contributed by atoms with Gasteiger partial charge >= 0.3 is 0 Å². The fourth-order valence-electron chi connectivity index (χ4n) is 4.47. The van der Waals surface area contributed by atoms with Crippen LogP contribution in [0.3, 0.4) is 0 Å². The summed E-state index contributed by atoms with van der Waals surface area (Å²) in [4.78, 5) is 5.06. The number of sulfonamides is 1. The number of nitrogens with zero attached hydrogens (tertiary/aromatic N) is 2. The molecule has 0 bridgehead atoms. The van der Waals surface area contributed by atoms with Crippen molar-refractivity contribution >= 4 is 15.7 Å². The van der Waals surface area contributed by atoms with E-state index in [1.165, 1.54) is 36.1 Å². The molecule has 2 aliphatic rings. The Morgan fingerprint density at radius 3 is 2.45 bits per heavy atom. The van der Waals surface area contributed by atoms with Crippen LogP contribution in [0.5, 0.6) is 0 Å². The van der Waals surface area contributed by atoms with E-state index in [-0.39, 0.29) is 6.04 Å². The number of hydrogen-bond donors (Lipinski definition) is 1. The first-order chi connectivity index (χ1) is 13.9. The van der Waals surface area contributed by atoms with Crippen molar-refractivity contribution in [2.24, 2.45) is 0 Å². The van der Waals surface area contributed by atoms with Crippen molar-refractivity contribution in [3.8, 4) is 0 Å². The van der Waals surface area contributed by atoms with Gasteiger partial charge in [-0.05, 0) is 68.6 Å². The van der Waals surface area contributed by atoms with Crippen LogP contribution in [-0.2, 0) is 16.4 Å². The summed E-state index contributed by atoms with van der Waals surface area (Å²) in [5.41, 5.74) is 4.94. The summed E-state index contributed by atoms with van der Waals surface area (Å²) >= 11 is 0. The predicted molar refractivity (Wildman–Crippen MR) is 118 cm³/mol. The van der Waals surface area contributed by atoms with Crippen LogP contribution in [0.15, 0.2) is 47.4 Å². The fraction of sp³-hybridized carbons (Fsp3) is 0.478. The number of nitrogens with one attached hydrogen (secondary N) is 1. The Kier molecular flexibility index (Phi) is 5.95. The highest BCUT2D eigenvalue weighted by atomic mass is 32.2. The van der Waals surface area contributed by atoms with Crippen molar-refractivity contribution in [3.63, 3.8) is 0 Å². The van der Waals surface area contributed by atoms with Gasteiger partial charge in [0.2, 0.25) is 10.0 Å². The first-order valence-electron chi connectivity index (χ1n) is 10.6. The third-order valence-electron chi connectivity index (χ3n) is 6.25. The maximum atomic E-state index is 12.9. The van der Waals surface area contributed by atoms with E-state index in [0.29, 0.717) is 11.4 Å². The van der Waals surface area contributed by atoms with E-state index in [9.17, 15) is 8.42 Å². The lowest BCUT2D eigenvalue weighted by Crippen LogP contribution is -2.40. The van der Waals surface area contributed by atoms with E-state index in [1.54, 1.807) is 12.1 Å². The summed E-state index contributed by atoms with van der Waals surface area (Å²) in [7, 11) is -1.40. The molecule has 0 radical (unpaired) electrons. The topological polar surface area (TPSA) is 52.7 Å². The zero-order valence-electron chi connectivity index (χ0n) is 17.4. The Morgan fingerprint density at radius 1 is 1.00 bits per heavy atom. The lowest BCUT2D eigenvalue weighted by molar-refractivity contribution is 0.164. The summed E-state index contributed by atoms with van der Waals surface area (Å²) in [6.45, 7) is 5.45. The number of rotatable bonds is 6. The zero-order chi connectivity index (χ0) is 20.4. The molecule has 1 saturated heterocycles. The minimum Gasteiger partial charge on any atom is -0.374 e. The van der Waals surface area contributed by atoms with E-state index < -0.39 is 10.0 Å². The van der Waals surface area contributed by atoms with Gasteiger partial charge in [-0.25, -0.2) is 13.1 Å². The summed E-state index contributed by atoms with van der Waals surface area (Å²) in [5, 5.41) is 0. The quantitative estimate of drug-likeness (QED) is 0.788. The van der Waals surface area contributed by atoms with Gasteiger partial charge in [-0.1, -0.05) is 36.2 Å². The molecule has 0 aromatic heterocycles. The van der Waals surface area contributed by atoms with Gasteiger partial charge in [0.25, 0.3) is 0 Å². The Morgan fingerprint density at radius 2 is 1.72 bits per heavy atom. The number of fused-ring (bicyclic) bond motifs is 1. The number of anilines is 1. The predicted octanol–water partition coefficient (Wildman–Crippen LogP) is 3.49. The van der Waals surface area contributed by atoms with Crippen LogP contribution < -0.4 is 9.62 Å². The number of hydrogen-bond acceptors (Lipinski definition) is 4. The molecule has 2 aromatic rings. The van der Waals surface area contributed by atoms with Gasteiger partial charge in [0.1, 0.15) is 0 Å². The molecule has 6 heteroatoms. The van der Waals surface area contributed by atoms with Crippen LogP contribution in [0, 0.1) is 6.92 Å². The van der Waals surface area contributed by atoms with Crippen molar-refractivity contribution in [3.05, 3.63) is 59.2 Å². The number of likely N-dealkylation sites (N-methyl/N-ethyl adjacent to an activating group) is 1. The third-order valence-corrected chi connectivity index (χ3v) is 7.69. The second kappa shape index (κ2) is 8.46. The Hall–Kier alpha value is -1.89. The molecule has 0 aliphatic carbocycles. The Labute approximate surface area is 174 Å². The number of aryl methyl sites for hydroxylation is 1. The number of likely N-dealkylation sites (tertiary alicyclic amines) is 1. The molecule has 0 amide bonds. The maximum Gasteiger partial charge on any atom is 0.240 e. The average Bonchev–Trinajstić information content (AvgIpc) is 3.09. The number of piperidine rings is 1. The van der Waals surface area contributed by atoms with Gasteiger partial charge in [0.15, 0.2) is 0 Å². The molecule has 0 unspecified atom stereocenters. The Balaban J connectivity index is 1.57. The van der Waals surface area contributed by atoms with Crippen LogP contribution in [-0.4, -0.2) is 46.5 Å². The average molecular weight is 414 g/mol. The molecule has 1 atom stereocenters. The molecule has 0 saturated carbocycles. The zero-order valence-corrected chi connectivity index (χ0v) is 18.2. The van der Waals surface area contributed by atoms with E-state index in [4.69, 9.17) is 0 Å². The van der Waals surface area contributed by atoms with Gasteiger partial charge in [-0.15, -0.1) is 0 Å². The van der Waals surface area contributed by atoms with Gasteiger partial charge in [0.05, 0.1) is 4.90 Å². The molecule has 1 fully saturated rings. The van der Waals surface area contributed by atoms with Crippen molar-refractivity contribution in [1.82, 2.24) is 9.62 Å². The molecule has 29 heavy (non-hydrogen) atoms. The van der Waals surface area contributed by atoms with E-state index in [0.717, 1.165) is 31.6 Å². The van der Waals surface area contributed by atoms with Crippen molar-refractivity contribution in [1.29, 1.82) is 0 Å². The monoisotopic (exact) mass is 413 g/mol. The Bertz CT molecular complexity index is 951. The SMILES string of the molecule is Cc1ccc(S(=O)(=O)NC[C@H](c2ccc3c(c2)CCN3C)N2CCCCC2)cc1. The second-order valence-electron chi connectivity index (χ2n) is 8.34. The van der Waals surface area contributed by atoms with E-state index in [2.05, 4.69) is 39.8 Å². The highest BCUT2D eigenvalue weighted by Crippen LogP contribution is 2.32. The molecule has 1 N–H and O–H groups in total. The summed E-state index contributed by atoms with van der Waals surface area (Å²) in [5.74, 6) is 0. The number of benzene rings is 2. The standard InChI is InChI=1S/C23H31N3O2S/c1-18-6-9-21(10-7-18)29(27,28)24-17-23(26-13-4-3-5-14-26)19-8-11-22-20(16-19)12-15-25(22)2/h6-11,16,23-24H,3-5,12-15,17H2,1-2H3/t23-/m1/s1. The molecule has 2 aromatic carbocycles. The fourth-order valence-corrected chi connectivity index (χ4v) is 5.51. The molecule has 2 aliphatic heterocycles. The maximum absolute atomic E-state index is 12.9. The first kappa shape index (κ1) is 20.4. The van der Waals surface area contributed by atoms with Gasteiger partial charge in [0, 0.05) is 31.9 Å². The largest absolute Gasteiger partial charge is 0.374 e. The summed E-state index contributed by atoms with van der Waals surface area (Å²) in [6.07, 6.45) is 4.67. The van der Waals surface area contributed by atoms with Crippen LogP contribution in [0.1, 0.15) is 42.0 Å². The van der Waals surface area contributed by atoms with Gasteiger partial charge < -0.3 is 4.90 Å². The lowest BCUT2D eigenvalue weighted by Gasteiger charge is -2.35. The smallest absolute Gasteiger partial charge is 0.240 e. The summed E-state index contributed by atoms with van der Waals surface area (Å²) < 4.78 is 28.6. The molecule has 2 heterocycles. The normalized spacial score (nSPS) is 18.6. The van der Waals surface area contributed by atoms with Gasteiger partial charge in [-0.3, -0.25) is 4.90 Å². The highest BCUT2D eigenvalue weighted by Gasteiger charge is 2.26. The minimum absolute atomic E-state index is 0.0618. The summed E-state index contributed by atoms with van der Waals surface area (Å²) in [6, 6.07) is 13.8. The lowest BCUT2D eigenvalue weighted by atomic mass is 9.99. The molecular weight excluding hydrogens is 382 g/mol. The highest BCUT2D eigenvalue weighted by molar-refractivity contribution is 7.89. The van der Waals surface area contributed by atoms with E-state index in [1.807, 2.05) is 19.1 Å². The molecule has 5 nitrogen and oxygen atoms in total. The molecular formula is C23H31N3O2S. The van der Waals surface area contributed by atoms with Crippen molar-refractivity contribution in [2.75, 3.05) is 38.1 Å². The third kappa shape index (κ3) is 4.49. The van der Waals surface area contributed by atoms with Crippen molar-refractivity contribution in [2.45, 2.75) is 43.5 Å². The molecule has 0 spiro atoms. The van der Waals surface area contributed by atoms with Crippen LogP contribution in [0.4, 0.5) is 5.69 Å².